The van der Waals surface area contributed by atoms with Gasteiger partial charge in [0.15, 0.2) is 11.5 Å². The van der Waals surface area contributed by atoms with E-state index in [1.807, 2.05) is 19.1 Å². The van der Waals surface area contributed by atoms with Crippen LogP contribution in [-0.4, -0.2) is 31.7 Å². The van der Waals surface area contributed by atoms with Gasteiger partial charge in [-0.1, -0.05) is 27.5 Å². The van der Waals surface area contributed by atoms with E-state index in [2.05, 4.69) is 26.6 Å². The molecule has 2 aromatic carbocycles. The van der Waals surface area contributed by atoms with Gasteiger partial charge in [0.2, 0.25) is 0 Å². The van der Waals surface area contributed by atoms with E-state index >= 15 is 0 Å². The Morgan fingerprint density at radius 1 is 1.26 bits per heavy atom. The number of methoxy groups -OCH3 is 1. The average molecular weight is 459 g/mol. The number of hydrogen-bond acceptors (Lipinski definition) is 6. The van der Waals surface area contributed by atoms with Crippen LogP contribution >= 0.6 is 27.5 Å². The second-order valence-electron chi connectivity index (χ2n) is 5.55. The van der Waals surface area contributed by atoms with Crippen LogP contribution in [0, 0.1) is 10.1 Å². The summed E-state index contributed by atoms with van der Waals surface area (Å²) in [7, 11) is 1.61. The van der Waals surface area contributed by atoms with Gasteiger partial charge < -0.3 is 20.1 Å². The molecule has 2 rings (SSSR count). The van der Waals surface area contributed by atoms with Gasteiger partial charge in [0.05, 0.1) is 29.4 Å². The van der Waals surface area contributed by atoms with Gasteiger partial charge in [-0.25, -0.2) is 0 Å². The SMILES string of the molecule is CCOc1c(CNCCNc2ccc([N+](=O)[O-])cc2Cl)cc(Br)cc1OC. The number of hydrogen-bond donors (Lipinski definition) is 2. The first-order valence-electron chi connectivity index (χ1n) is 8.34. The molecule has 0 aliphatic rings. The molecule has 27 heavy (non-hydrogen) atoms. The molecule has 0 unspecified atom stereocenters. The fourth-order valence-corrected chi connectivity index (χ4v) is 3.21. The molecular formula is C18H21BrClN3O4. The normalized spacial score (nSPS) is 10.5. The number of ether oxygens (including phenoxy) is 2. The van der Waals surface area contributed by atoms with Crippen molar-refractivity contribution in [3.8, 4) is 11.5 Å². The van der Waals surface area contributed by atoms with Crippen LogP contribution in [0.5, 0.6) is 11.5 Å². The molecule has 2 aromatic rings. The highest BCUT2D eigenvalue weighted by atomic mass is 79.9. The molecular weight excluding hydrogens is 438 g/mol. The van der Waals surface area contributed by atoms with Gasteiger partial charge in [0.25, 0.3) is 5.69 Å². The average Bonchev–Trinajstić information content (AvgIpc) is 2.64. The summed E-state index contributed by atoms with van der Waals surface area (Å²) in [6, 6.07) is 8.21. The molecule has 0 aromatic heterocycles. The van der Waals surface area contributed by atoms with Gasteiger partial charge in [0.1, 0.15) is 0 Å². The van der Waals surface area contributed by atoms with E-state index in [1.165, 1.54) is 12.1 Å². The Morgan fingerprint density at radius 2 is 2.04 bits per heavy atom. The highest BCUT2D eigenvalue weighted by Crippen LogP contribution is 2.35. The number of nitro benzene ring substituents is 1. The zero-order valence-electron chi connectivity index (χ0n) is 15.1. The Balaban J connectivity index is 1.90. The molecule has 0 saturated heterocycles. The van der Waals surface area contributed by atoms with Crippen LogP contribution < -0.4 is 20.1 Å². The van der Waals surface area contributed by atoms with Crippen LogP contribution in [0.2, 0.25) is 5.02 Å². The number of non-ortho nitro benzene ring substituents is 1. The molecule has 0 aliphatic carbocycles. The number of rotatable bonds is 10. The maximum atomic E-state index is 10.7. The molecule has 0 spiro atoms. The van der Waals surface area contributed by atoms with E-state index in [0.29, 0.717) is 42.7 Å². The predicted molar refractivity (Wildman–Crippen MR) is 110 cm³/mol. The van der Waals surface area contributed by atoms with Crippen LogP contribution in [-0.2, 0) is 6.54 Å². The molecule has 0 saturated carbocycles. The van der Waals surface area contributed by atoms with Crippen molar-refractivity contribution >= 4 is 38.9 Å². The van der Waals surface area contributed by atoms with Crippen LogP contribution in [0.25, 0.3) is 0 Å². The molecule has 0 heterocycles. The third-order valence-electron chi connectivity index (χ3n) is 3.70. The molecule has 7 nitrogen and oxygen atoms in total. The smallest absolute Gasteiger partial charge is 0.271 e. The van der Waals surface area contributed by atoms with Gasteiger partial charge in [-0.05, 0) is 25.1 Å². The summed E-state index contributed by atoms with van der Waals surface area (Å²) < 4.78 is 12.0. The lowest BCUT2D eigenvalue weighted by atomic mass is 10.2. The third-order valence-corrected chi connectivity index (χ3v) is 4.47. The maximum Gasteiger partial charge on any atom is 0.271 e. The summed E-state index contributed by atoms with van der Waals surface area (Å²) in [6.07, 6.45) is 0. The summed E-state index contributed by atoms with van der Waals surface area (Å²) in [4.78, 5) is 10.3. The molecule has 9 heteroatoms. The molecule has 0 aliphatic heterocycles. The number of benzene rings is 2. The van der Waals surface area contributed by atoms with Crippen molar-refractivity contribution in [1.29, 1.82) is 0 Å². The van der Waals surface area contributed by atoms with E-state index in [1.54, 1.807) is 13.2 Å². The first-order valence-corrected chi connectivity index (χ1v) is 9.51. The highest BCUT2D eigenvalue weighted by molar-refractivity contribution is 9.10. The molecule has 0 amide bonds. The Morgan fingerprint density at radius 3 is 2.67 bits per heavy atom. The summed E-state index contributed by atoms with van der Waals surface area (Å²) in [5, 5.41) is 17.5. The lowest BCUT2D eigenvalue weighted by molar-refractivity contribution is -0.384. The van der Waals surface area contributed by atoms with E-state index < -0.39 is 4.92 Å². The van der Waals surface area contributed by atoms with Crippen LogP contribution in [0.3, 0.4) is 0 Å². The second-order valence-corrected chi connectivity index (χ2v) is 6.88. The van der Waals surface area contributed by atoms with Crippen LogP contribution in [0.1, 0.15) is 12.5 Å². The summed E-state index contributed by atoms with van der Waals surface area (Å²) >= 11 is 9.54. The fourth-order valence-electron chi connectivity index (χ4n) is 2.48. The second kappa shape index (κ2) is 10.3. The Hall–Kier alpha value is -2.03. The molecule has 0 radical (unpaired) electrons. The molecule has 0 atom stereocenters. The van der Waals surface area contributed by atoms with Crippen molar-refractivity contribution in [2.45, 2.75) is 13.5 Å². The Kier molecular flexibility index (Phi) is 8.15. The maximum absolute atomic E-state index is 10.7. The van der Waals surface area contributed by atoms with E-state index in [4.69, 9.17) is 21.1 Å². The predicted octanol–water partition coefficient (Wildman–Crippen LogP) is 4.62. The highest BCUT2D eigenvalue weighted by Gasteiger charge is 2.12. The number of nitrogens with zero attached hydrogens (tertiary/aromatic N) is 1. The summed E-state index contributed by atoms with van der Waals surface area (Å²) in [5.74, 6) is 1.40. The zero-order valence-corrected chi connectivity index (χ0v) is 17.4. The summed E-state index contributed by atoms with van der Waals surface area (Å²) in [5.41, 5.74) is 1.61. The van der Waals surface area contributed by atoms with Gasteiger partial charge in [-0.3, -0.25) is 10.1 Å². The minimum Gasteiger partial charge on any atom is -0.493 e. The molecule has 0 bridgehead atoms. The lowest BCUT2D eigenvalue weighted by Gasteiger charge is -2.16. The monoisotopic (exact) mass is 457 g/mol. The minimum absolute atomic E-state index is 0.0317. The van der Waals surface area contributed by atoms with Gasteiger partial charge >= 0.3 is 0 Å². The van der Waals surface area contributed by atoms with Crippen molar-refractivity contribution < 1.29 is 14.4 Å². The molecule has 146 valence electrons. The number of halogens is 2. The Labute approximate surface area is 171 Å². The molecule has 2 N–H and O–H groups in total. The van der Waals surface area contributed by atoms with Gasteiger partial charge in [-0.15, -0.1) is 0 Å². The zero-order chi connectivity index (χ0) is 19.8. The number of nitro groups is 1. The van der Waals surface area contributed by atoms with Crippen molar-refractivity contribution in [1.82, 2.24) is 5.32 Å². The molecule has 0 fully saturated rings. The number of nitrogens with one attached hydrogen (secondary N) is 2. The number of anilines is 1. The third kappa shape index (κ3) is 5.98. The van der Waals surface area contributed by atoms with Crippen molar-refractivity contribution in [2.24, 2.45) is 0 Å². The van der Waals surface area contributed by atoms with Crippen molar-refractivity contribution in [3.63, 3.8) is 0 Å². The minimum atomic E-state index is -0.473. The van der Waals surface area contributed by atoms with Crippen LogP contribution in [0.15, 0.2) is 34.8 Å². The lowest BCUT2D eigenvalue weighted by Crippen LogP contribution is -2.22. The summed E-state index contributed by atoms with van der Waals surface area (Å²) in [6.45, 7) is 4.34. The topological polar surface area (TPSA) is 85.7 Å². The Bertz CT molecular complexity index is 804. The first-order chi connectivity index (χ1) is 13.0. The van der Waals surface area contributed by atoms with E-state index in [-0.39, 0.29) is 5.69 Å². The standard InChI is InChI=1S/C18H21BrClN3O4/c1-3-27-18-12(8-13(19)9-17(18)26-2)11-21-6-7-22-16-5-4-14(23(24)25)10-15(16)20/h4-5,8-10,21-22H,3,6-7,11H2,1-2H3. The van der Waals surface area contributed by atoms with E-state index in [0.717, 1.165) is 15.8 Å². The van der Waals surface area contributed by atoms with Crippen molar-refractivity contribution in [3.05, 3.63) is 55.5 Å². The van der Waals surface area contributed by atoms with Gasteiger partial charge in [0, 0.05) is 41.8 Å². The fraction of sp³-hybridized carbons (Fsp3) is 0.333. The van der Waals surface area contributed by atoms with Gasteiger partial charge in [-0.2, -0.15) is 0 Å². The first kappa shape index (κ1) is 21.3. The van der Waals surface area contributed by atoms with E-state index in [9.17, 15) is 10.1 Å². The largest absolute Gasteiger partial charge is 0.493 e. The quantitative estimate of drug-likeness (QED) is 0.307. The van der Waals surface area contributed by atoms with Crippen molar-refractivity contribution in [2.75, 3.05) is 32.1 Å². The van der Waals surface area contributed by atoms with Crippen LogP contribution in [0.4, 0.5) is 11.4 Å².